The van der Waals surface area contributed by atoms with E-state index in [2.05, 4.69) is 25.8 Å². The molecule has 1 amide bonds. The summed E-state index contributed by atoms with van der Waals surface area (Å²) >= 11 is 0. The molecule has 0 atom stereocenters. The predicted octanol–water partition coefficient (Wildman–Crippen LogP) is 0.939. The van der Waals surface area contributed by atoms with Gasteiger partial charge < -0.3 is 5.32 Å². The van der Waals surface area contributed by atoms with Crippen LogP contribution in [0, 0.1) is 0 Å². The highest BCUT2D eigenvalue weighted by Gasteiger charge is 2.04. The first-order chi connectivity index (χ1) is 9.33. The zero-order valence-electron chi connectivity index (χ0n) is 9.71. The molecule has 0 spiro atoms. The maximum absolute atomic E-state index is 11.8. The Bertz CT molecular complexity index is 658. The molecule has 2 heterocycles. The van der Waals surface area contributed by atoms with Gasteiger partial charge in [0.25, 0.3) is 0 Å². The van der Waals surface area contributed by atoms with E-state index in [9.17, 15) is 4.79 Å². The van der Waals surface area contributed by atoms with Crippen LogP contribution < -0.4 is 5.32 Å². The summed E-state index contributed by atoms with van der Waals surface area (Å²) in [6.45, 7) is 0. The molecular weight excluding hydrogens is 246 g/mol. The van der Waals surface area contributed by atoms with Crippen molar-refractivity contribution in [3.8, 4) is 5.69 Å². The van der Waals surface area contributed by atoms with Gasteiger partial charge in [-0.25, -0.2) is 14.5 Å². The zero-order valence-corrected chi connectivity index (χ0v) is 9.71. The predicted molar refractivity (Wildman–Crippen MR) is 65.8 cm³/mol. The molecule has 8 heteroatoms. The van der Waals surface area contributed by atoms with Crippen LogP contribution >= 0.6 is 0 Å². The highest BCUT2D eigenvalue weighted by atomic mass is 16.2. The van der Waals surface area contributed by atoms with Crippen molar-refractivity contribution >= 4 is 11.7 Å². The number of anilines is 1. The Hall–Kier alpha value is -3.03. The van der Waals surface area contributed by atoms with Crippen LogP contribution in [0.5, 0.6) is 0 Å². The van der Waals surface area contributed by atoms with Crippen molar-refractivity contribution in [3.63, 3.8) is 0 Å². The van der Waals surface area contributed by atoms with Crippen molar-refractivity contribution in [2.24, 2.45) is 0 Å². The molecule has 0 fully saturated rings. The van der Waals surface area contributed by atoms with Crippen molar-refractivity contribution in [2.75, 3.05) is 5.32 Å². The van der Waals surface area contributed by atoms with Crippen molar-refractivity contribution in [3.05, 3.63) is 49.3 Å². The lowest BCUT2D eigenvalue weighted by atomic mass is 10.3. The van der Waals surface area contributed by atoms with E-state index in [0.717, 1.165) is 5.69 Å². The molecule has 3 aromatic rings. The first-order valence-electron chi connectivity index (χ1n) is 5.46. The Morgan fingerprint density at radius 1 is 1.16 bits per heavy atom. The zero-order chi connectivity index (χ0) is 13.1. The van der Waals surface area contributed by atoms with E-state index >= 15 is 0 Å². The second-order valence-corrected chi connectivity index (χ2v) is 3.70. The van der Waals surface area contributed by atoms with E-state index in [1.165, 1.54) is 21.9 Å². The number of carbonyl (C=O) groups is 1. The maximum atomic E-state index is 11.8. The molecule has 3 rings (SSSR count). The number of nitrogens with zero attached hydrogens (tertiary/aromatic N) is 6. The smallest absolute Gasteiger partial charge is 0.307 e. The largest absolute Gasteiger partial charge is 0.331 e. The average molecular weight is 255 g/mol. The summed E-state index contributed by atoms with van der Waals surface area (Å²) in [4.78, 5) is 15.6. The number of hydrogen-bond acceptors (Lipinski definition) is 5. The second-order valence-electron chi connectivity index (χ2n) is 3.70. The summed E-state index contributed by atoms with van der Waals surface area (Å²) < 4.78 is 2.89. The van der Waals surface area contributed by atoms with Crippen molar-refractivity contribution < 1.29 is 4.79 Å². The first-order valence-corrected chi connectivity index (χ1v) is 5.46. The van der Waals surface area contributed by atoms with E-state index in [1.807, 2.05) is 0 Å². The highest BCUT2D eigenvalue weighted by molar-refractivity contribution is 5.90. The number of nitrogens with one attached hydrogen (secondary N) is 1. The minimum atomic E-state index is -0.271. The molecule has 0 saturated carbocycles. The van der Waals surface area contributed by atoms with Gasteiger partial charge in [-0.1, -0.05) is 0 Å². The molecule has 1 N–H and O–H groups in total. The van der Waals surface area contributed by atoms with E-state index in [0.29, 0.717) is 5.69 Å². The molecular formula is C11H9N7O. The minimum absolute atomic E-state index is 0.271. The number of carbonyl (C=O) groups excluding carboxylic acids is 1. The van der Waals surface area contributed by atoms with Gasteiger partial charge in [0.2, 0.25) is 0 Å². The second kappa shape index (κ2) is 4.69. The molecule has 8 nitrogen and oxygen atoms in total. The normalized spacial score (nSPS) is 10.3. The number of rotatable bonds is 2. The van der Waals surface area contributed by atoms with Crippen LogP contribution in [0.15, 0.2) is 49.3 Å². The minimum Gasteiger partial charge on any atom is -0.307 e. The Balaban J connectivity index is 1.75. The molecule has 0 aliphatic heterocycles. The van der Waals surface area contributed by atoms with E-state index in [4.69, 9.17) is 0 Å². The SMILES string of the molecule is O=C(Nc1ccc(-n2cnnn2)cc1)n1ccnc1. The van der Waals surface area contributed by atoms with Gasteiger partial charge in [0.15, 0.2) is 0 Å². The first kappa shape index (κ1) is 11.1. The van der Waals surface area contributed by atoms with E-state index in [-0.39, 0.29) is 6.03 Å². The van der Waals surface area contributed by atoms with Gasteiger partial charge in [-0.2, -0.15) is 0 Å². The topological polar surface area (TPSA) is 90.5 Å². The number of tetrazole rings is 1. The van der Waals surface area contributed by atoms with Crippen LogP contribution in [0.2, 0.25) is 0 Å². The summed E-state index contributed by atoms with van der Waals surface area (Å²) in [5, 5.41) is 13.6. The lowest BCUT2D eigenvalue weighted by Crippen LogP contribution is -2.17. The molecule has 0 aliphatic rings. The number of aromatic nitrogens is 6. The molecule has 0 radical (unpaired) electrons. The van der Waals surface area contributed by atoms with Crippen LogP contribution in [-0.2, 0) is 0 Å². The average Bonchev–Trinajstić information content (AvgIpc) is 3.13. The fraction of sp³-hybridized carbons (Fsp3) is 0. The van der Waals surface area contributed by atoms with Gasteiger partial charge in [-0.05, 0) is 34.7 Å². The van der Waals surface area contributed by atoms with Crippen LogP contribution in [0.4, 0.5) is 10.5 Å². The molecule has 0 saturated heterocycles. The summed E-state index contributed by atoms with van der Waals surface area (Å²) in [5.74, 6) is 0. The van der Waals surface area contributed by atoms with Crippen LogP contribution in [-0.4, -0.2) is 35.8 Å². The maximum Gasteiger partial charge on any atom is 0.331 e. The Kier molecular flexibility index (Phi) is 2.73. The van der Waals surface area contributed by atoms with Gasteiger partial charge in [0, 0.05) is 18.1 Å². The fourth-order valence-electron chi connectivity index (χ4n) is 1.54. The van der Waals surface area contributed by atoms with E-state index < -0.39 is 0 Å². The van der Waals surface area contributed by atoms with Crippen LogP contribution in [0.3, 0.4) is 0 Å². The Morgan fingerprint density at radius 2 is 2.00 bits per heavy atom. The molecule has 0 aliphatic carbocycles. The quantitative estimate of drug-likeness (QED) is 0.735. The third-order valence-corrected chi connectivity index (χ3v) is 2.47. The summed E-state index contributed by atoms with van der Waals surface area (Å²) in [6, 6.07) is 6.88. The molecule has 0 unspecified atom stereocenters. The molecule has 1 aromatic carbocycles. The monoisotopic (exact) mass is 255 g/mol. The summed E-state index contributed by atoms with van der Waals surface area (Å²) in [7, 11) is 0. The lowest BCUT2D eigenvalue weighted by Gasteiger charge is -2.06. The van der Waals surface area contributed by atoms with Crippen molar-refractivity contribution in [1.82, 2.24) is 29.8 Å². The van der Waals surface area contributed by atoms with Crippen molar-refractivity contribution in [1.29, 1.82) is 0 Å². The van der Waals surface area contributed by atoms with Crippen LogP contribution in [0.25, 0.3) is 5.69 Å². The lowest BCUT2D eigenvalue weighted by molar-refractivity contribution is 0.253. The summed E-state index contributed by atoms with van der Waals surface area (Å²) in [6.07, 6.45) is 6.05. The van der Waals surface area contributed by atoms with Gasteiger partial charge in [0.1, 0.15) is 12.7 Å². The van der Waals surface area contributed by atoms with Gasteiger partial charge in [0.05, 0.1) is 5.69 Å². The van der Waals surface area contributed by atoms with E-state index in [1.54, 1.807) is 36.7 Å². The fourth-order valence-corrected chi connectivity index (χ4v) is 1.54. The van der Waals surface area contributed by atoms with Crippen molar-refractivity contribution in [2.45, 2.75) is 0 Å². The molecule has 19 heavy (non-hydrogen) atoms. The Labute approximate surface area is 107 Å². The number of amides is 1. The Morgan fingerprint density at radius 3 is 2.63 bits per heavy atom. The van der Waals surface area contributed by atoms with Gasteiger partial charge in [-0.3, -0.25) is 4.57 Å². The number of benzene rings is 1. The third-order valence-electron chi connectivity index (χ3n) is 2.47. The van der Waals surface area contributed by atoms with Gasteiger partial charge in [-0.15, -0.1) is 5.10 Å². The standard InChI is InChI=1S/C11H9N7O/c19-11(17-6-5-12-7-17)14-9-1-3-10(4-2-9)18-8-13-15-16-18/h1-8H,(H,14,19). The molecule has 94 valence electrons. The van der Waals surface area contributed by atoms with Gasteiger partial charge >= 0.3 is 6.03 Å². The highest BCUT2D eigenvalue weighted by Crippen LogP contribution is 2.12. The third kappa shape index (κ3) is 2.32. The number of hydrogen-bond donors (Lipinski definition) is 1. The van der Waals surface area contributed by atoms with Crippen LogP contribution in [0.1, 0.15) is 0 Å². The number of imidazole rings is 1. The summed E-state index contributed by atoms with van der Waals surface area (Å²) in [5.41, 5.74) is 1.49. The molecule has 0 bridgehead atoms. The molecule has 2 aromatic heterocycles.